The Hall–Kier alpha value is -3.85. The molecule has 0 fully saturated rings. The summed E-state index contributed by atoms with van der Waals surface area (Å²) in [5, 5.41) is 0. The number of rotatable bonds is 33. The van der Waals surface area contributed by atoms with Gasteiger partial charge in [-0.25, -0.2) is 0 Å². The van der Waals surface area contributed by atoms with E-state index in [4.69, 9.17) is 18.5 Å². The lowest BCUT2D eigenvalue weighted by atomic mass is 10.1. The van der Waals surface area contributed by atoms with E-state index >= 15 is 0 Å². The molecule has 0 radical (unpaired) electrons. The fourth-order valence-corrected chi connectivity index (χ4v) is 5.08. The molecule has 0 aromatic carbocycles. The number of nitrogens with zero attached hydrogens (tertiary/aromatic N) is 1. The Morgan fingerprint density at radius 3 is 1.39 bits per heavy atom. The largest absolute Gasteiger partial charge is 0.756 e. The fraction of sp³-hybridized carbons (Fsp3) is 0.478. The molecule has 0 N–H and O–H groups in total. The van der Waals surface area contributed by atoms with Gasteiger partial charge in [-0.1, -0.05) is 160 Å². The van der Waals surface area contributed by atoms with Gasteiger partial charge < -0.3 is 27.9 Å². The molecule has 0 aromatic heterocycles. The topological polar surface area (TPSA) is 111 Å². The predicted octanol–water partition coefficient (Wildman–Crippen LogP) is 10.5. The number of carbonyl (C=O) groups is 2. The standard InChI is InChI=1S/C46H70NO8P/c1-6-8-10-12-14-16-18-20-21-22-23-24-25-27-28-30-32-34-36-38-45(48)52-42-44(43-54-56(50,51)53-41-40-47(3,4)5)55-46(49)39-37-35-33-31-29-26-19-17-15-13-11-9-7-2/h8-29,44H,6-7,30-43H2,1-5H3/b10-8+,11-9+,14-12+,15-13+,18-16+,19-17+,21-20+,23-22+,25-24+,28-27+,29-26+. The first-order valence-electron chi connectivity index (χ1n) is 20.0. The Kier molecular flexibility index (Phi) is 34.2. The van der Waals surface area contributed by atoms with Crippen LogP contribution < -0.4 is 4.89 Å². The van der Waals surface area contributed by atoms with Crippen LogP contribution in [0.3, 0.4) is 0 Å². The third-order valence-corrected chi connectivity index (χ3v) is 8.42. The van der Waals surface area contributed by atoms with Crippen LogP contribution >= 0.6 is 7.82 Å². The van der Waals surface area contributed by atoms with Crippen molar-refractivity contribution in [3.8, 4) is 0 Å². The van der Waals surface area contributed by atoms with Crippen molar-refractivity contribution in [1.82, 2.24) is 0 Å². The fourth-order valence-electron chi connectivity index (χ4n) is 4.35. The summed E-state index contributed by atoms with van der Waals surface area (Å²) in [6.07, 6.45) is 52.0. The number of hydrogen-bond donors (Lipinski definition) is 0. The number of carbonyl (C=O) groups excluding carboxylic acids is 2. The van der Waals surface area contributed by atoms with E-state index < -0.39 is 32.5 Å². The van der Waals surface area contributed by atoms with E-state index in [0.717, 1.165) is 51.4 Å². The van der Waals surface area contributed by atoms with Gasteiger partial charge in [0.05, 0.1) is 27.7 Å². The first kappa shape index (κ1) is 52.2. The van der Waals surface area contributed by atoms with Gasteiger partial charge >= 0.3 is 11.9 Å². The molecule has 10 heteroatoms. The average molecular weight is 796 g/mol. The molecule has 312 valence electrons. The highest BCUT2D eigenvalue weighted by atomic mass is 31.2. The zero-order chi connectivity index (χ0) is 41.4. The first-order valence-corrected chi connectivity index (χ1v) is 21.5. The average Bonchev–Trinajstić information content (AvgIpc) is 3.15. The zero-order valence-electron chi connectivity index (χ0n) is 34.8. The third kappa shape index (κ3) is 39.8. The molecular weight excluding hydrogens is 725 g/mol. The second-order valence-electron chi connectivity index (χ2n) is 13.8. The molecule has 0 heterocycles. The molecule has 56 heavy (non-hydrogen) atoms. The molecule has 2 atom stereocenters. The molecule has 0 saturated carbocycles. The maximum atomic E-state index is 12.6. The van der Waals surface area contributed by atoms with Gasteiger partial charge in [-0.2, -0.15) is 0 Å². The van der Waals surface area contributed by atoms with E-state index in [-0.39, 0.29) is 26.1 Å². The quantitative estimate of drug-likeness (QED) is 0.0212. The number of esters is 2. The van der Waals surface area contributed by atoms with Gasteiger partial charge in [0.1, 0.15) is 19.8 Å². The van der Waals surface area contributed by atoms with E-state index in [9.17, 15) is 19.0 Å². The molecule has 0 aliphatic heterocycles. The van der Waals surface area contributed by atoms with Crippen LogP contribution in [0.25, 0.3) is 0 Å². The lowest BCUT2D eigenvalue weighted by molar-refractivity contribution is -0.870. The van der Waals surface area contributed by atoms with Crippen molar-refractivity contribution in [2.45, 2.75) is 97.0 Å². The minimum atomic E-state index is -4.66. The highest BCUT2D eigenvalue weighted by molar-refractivity contribution is 7.45. The third-order valence-electron chi connectivity index (χ3n) is 7.46. The summed E-state index contributed by atoms with van der Waals surface area (Å²) in [7, 11) is 1.08. The molecule has 0 aromatic rings. The van der Waals surface area contributed by atoms with E-state index in [2.05, 4.69) is 38.2 Å². The summed E-state index contributed by atoms with van der Waals surface area (Å²) in [5.41, 5.74) is 0. The smallest absolute Gasteiger partial charge is 0.306 e. The van der Waals surface area contributed by atoms with E-state index in [0.29, 0.717) is 23.9 Å². The monoisotopic (exact) mass is 795 g/mol. The lowest BCUT2D eigenvalue weighted by Crippen LogP contribution is -2.37. The highest BCUT2D eigenvalue weighted by Gasteiger charge is 2.21. The van der Waals surface area contributed by atoms with Gasteiger partial charge in [-0.05, 0) is 51.4 Å². The summed E-state index contributed by atoms with van der Waals surface area (Å²) in [5.74, 6) is -0.954. The van der Waals surface area contributed by atoms with Crippen LogP contribution in [0.1, 0.15) is 90.9 Å². The molecule has 2 unspecified atom stereocenters. The van der Waals surface area contributed by atoms with Crippen molar-refractivity contribution in [3.63, 3.8) is 0 Å². The van der Waals surface area contributed by atoms with Crippen molar-refractivity contribution in [3.05, 3.63) is 134 Å². The van der Waals surface area contributed by atoms with Crippen molar-refractivity contribution in [1.29, 1.82) is 0 Å². The number of quaternary nitrogens is 1. The van der Waals surface area contributed by atoms with Crippen LogP contribution in [-0.2, 0) is 32.7 Å². The molecule has 0 bridgehead atoms. The van der Waals surface area contributed by atoms with Crippen molar-refractivity contribution >= 4 is 19.8 Å². The summed E-state index contributed by atoms with van der Waals surface area (Å²) in [6, 6.07) is 0. The van der Waals surface area contributed by atoms with Crippen LogP contribution in [0.5, 0.6) is 0 Å². The number of phosphoric acid groups is 1. The molecular formula is C46H70NO8P. The molecule has 0 spiro atoms. The minimum absolute atomic E-state index is 0.0563. The summed E-state index contributed by atoms with van der Waals surface area (Å²) >= 11 is 0. The number of phosphoric ester groups is 1. The number of hydrogen-bond acceptors (Lipinski definition) is 8. The molecule has 0 saturated heterocycles. The maximum Gasteiger partial charge on any atom is 0.306 e. The number of likely N-dealkylation sites (N-methyl/N-ethyl adjacent to an activating group) is 1. The van der Waals surface area contributed by atoms with E-state index in [1.807, 2.05) is 131 Å². The number of allylic oxidation sites excluding steroid dienone is 22. The summed E-state index contributed by atoms with van der Waals surface area (Å²) < 4.78 is 33.7. The SMILES string of the molecule is CC/C=C/C=C/C=C/C=C/C=C/C=C/C=C/CCCCCC(=O)OCC(COP(=O)([O-])OCC[N+](C)(C)C)OC(=O)CCCCC/C=C/C=C/C=C/C=C/CC. The van der Waals surface area contributed by atoms with Gasteiger partial charge in [-0.15, -0.1) is 0 Å². The molecule has 0 rings (SSSR count). The first-order chi connectivity index (χ1) is 27.0. The highest BCUT2D eigenvalue weighted by Crippen LogP contribution is 2.38. The Morgan fingerprint density at radius 1 is 0.554 bits per heavy atom. The van der Waals surface area contributed by atoms with Gasteiger partial charge in [0.2, 0.25) is 0 Å². The lowest BCUT2D eigenvalue weighted by Gasteiger charge is -2.28. The van der Waals surface area contributed by atoms with Crippen LogP contribution in [0, 0.1) is 0 Å². The molecule has 9 nitrogen and oxygen atoms in total. The predicted molar refractivity (Wildman–Crippen MR) is 231 cm³/mol. The Labute approximate surface area is 339 Å². The maximum absolute atomic E-state index is 12.6. The Bertz CT molecular complexity index is 1410. The van der Waals surface area contributed by atoms with Crippen LogP contribution in [-0.4, -0.2) is 70.0 Å². The van der Waals surface area contributed by atoms with E-state index in [1.165, 1.54) is 0 Å². The van der Waals surface area contributed by atoms with Gasteiger partial charge in [0.15, 0.2) is 6.10 Å². The summed E-state index contributed by atoms with van der Waals surface area (Å²) in [6.45, 7) is 3.77. The normalized spacial score (nSPS) is 15.0. The van der Waals surface area contributed by atoms with Crippen LogP contribution in [0.4, 0.5) is 0 Å². The van der Waals surface area contributed by atoms with Crippen LogP contribution in [0.2, 0.25) is 0 Å². The summed E-state index contributed by atoms with van der Waals surface area (Å²) in [4.78, 5) is 37.4. The number of unbranched alkanes of at least 4 members (excludes halogenated alkanes) is 6. The van der Waals surface area contributed by atoms with E-state index in [1.54, 1.807) is 0 Å². The van der Waals surface area contributed by atoms with Gasteiger partial charge in [0, 0.05) is 12.8 Å². The van der Waals surface area contributed by atoms with Gasteiger partial charge in [-0.3, -0.25) is 14.2 Å². The molecule has 0 aliphatic rings. The molecule has 0 amide bonds. The van der Waals surface area contributed by atoms with Crippen molar-refractivity contribution in [2.75, 3.05) is 47.5 Å². The number of ether oxygens (including phenoxy) is 2. The van der Waals surface area contributed by atoms with Crippen LogP contribution in [0.15, 0.2) is 134 Å². The second kappa shape index (κ2) is 36.8. The minimum Gasteiger partial charge on any atom is -0.756 e. The Balaban J connectivity index is 4.61. The second-order valence-corrected chi connectivity index (χ2v) is 15.2. The van der Waals surface area contributed by atoms with Crippen molar-refractivity contribution in [2.24, 2.45) is 0 Å². The molecule has 0 aliphatic carbocycles. The van der Waals surface area contributed by atoms with Crippen molar-refractivity contribution < 1.29 is 42.1 Å². The Morgan fingerprint density at radius 2 is 0.964 bits per heavy atom. The van der Waals surface area contributed by atoms with Gasteiger partial charge in [0.25, 0.3) is 7.82 Å². The zero-order valence-corrected chi connectivity index (χ0v) is 35.6.